The molecule has 0 unspecified atom stereocenters. The second kappa shape index (κ2) is 9.13. The predicted octanol–water partition coefficient (Wildman–Crippen LogP) is 2.85. The van der Waals surface area contributed by atoms with Gasteiger partial charge >= 0.3 is 0 Å². The molecule has 0 aliphatic carbocycles. The van der Waals surface area contributed by atoms with E-state index in [1.165, 1.54) is 9.71 Å². The Labute approximate surface area is 181 Å². The van der Waals surface area contributed by atoms with E-state index >= 15 is 0 Å². The van der Waals surface area contributed by atoms with Crippen molar-refractivity contribution in [2.24, 2.45) is 0 Å². The van der Waals surface area contributed by atoms with Crippen molar-refractivity contribution in [3.63, 3.8) is 0 Å². The number of hydrogen-bond acceptors (Lipinski definition) is 8. The lowest BCUT2D eigenvalue weighted by Gasteiger charge is -2.19. The van der Waals surface area contributed by atoms with Gasteiger partial charge in [0.15, 0.2) is 5.82 Å². The van der Waals surface area contributed by atoms with Crippen molar-refractivity contribution in [1.29, 1.82) is 0 Å². The topological polar surface area (TPSA) is 106 Å². The molecule has 3 heterocycles. The van der Waals surface area contributed by atoms with Crippen LogP contribution in [0.5, 0.6) is 0 Å². The largest absolute Gasteiger partial charge is 0.361 e. The molecule has 0 amide bonds. The number of hydrogen-bond donors (Lipinski definition) is 0. The van der Waals surface area contributed by atoms with Crippen LogP contribution in [0.3, 0.4) is 0 Å². The van der Waals surface area contributed by atoms with Gasteiger partial charge in [-0.25, -0.2) is 8.42 Å². The molecule has 1 aliphatic heterocycles. The molecule has 0 saturated carbocycles. The summed E-state index contributed by atoms with van der Waals surface area (Å²) in [4.78, 5) is 6.60. The Kier molecular flexibility index (Phi) is 6.30. The zero-order valence-corrected chi connectivity index (χ0v) is 18.4. The first-order valence-electron chi connectivity index (χ1n) is 10.1. The Morgan fingerprint density at radius 2 is 1.84 bits per heavy atom. The number of rotatable bonds is 6. The Balaban J connectivity index is 1.38. The monoisotopic (exact) mass is 443 g/mol. The van der Waals surface area contributed by atoms with Gasteiger partial charge in [-0.3, -0.25) is 4.90 Å². The SMILES string of the molecule is Cc1noc(C)c1-c1nc(CN2CCCN(S(=O)(=O)/C=C/c3ccccc3)CC2)no1. The van der Waals surface area contributed by atoms with E-state index in [0.29, 0.717) is 49.3 Å². The summed E-state index contributed by atoms with van der Waals surface area (Å²) < 4.78 is 37.6. The van der Waals surface area contributed by atoms with Crippen molar-refractivity contribution in [1.82, 2.24) is 24.5 Å². The Morgan fingerprint density at radius 3 is 2.58 bits per heavy atom. The number of benzene rings is 1. The molecular weight excluding hydrogens is 418 g/mol. The van der Waals surface area contributed by atoms with Crippen LogP contribution in [0.2, 0.25) is 0 Å². The molecule has 0 spiro atoms. The van der Waals surface area contributed by atoms with E-state index in [9.17, 15) is 8.42 Å². The second-order valence-corrected chi connectivity index (χ2v) is 9.32. The standard InChI is InChI=1S/C21H25N5O4S/c1-16-20(17(2)29-23-16)21-22-19(24-30-21)15-25-10-6-11-26(13-12-25)31(27,28)14-9-18-7-4-3-5-8-18/h3-5,7-9,14H,6,10-13,15H2,1-2H3/b14-9+. The van der Waals surface area contributed by atoms with E-state index < -0.39 is 10.0 Å². The van der Waals surface area contributed by atoms with Crippen molar-refractivity contribution < 1.29 is 17.5 Å². The van der Waals surface area contributed by atoms with Gasteiger partial charge < -0.3 is 9.05 Å². The normalized spacial score (nSPS) is 16.7. The first kappa shape index (κ1) is 21.4. The molecule has 10 heteroatoms. The maximum atomic E-state index is 12.7. The van der Waals surface area contributed by atoms with E-state index in [1.54, 1.807) is 13.0 Å². The molecular formula is C21H25N5O4S. The van der Waals surface area contributed by atoms with Gasteiger partial charge in [0, 0.05) is 25.0 Å². The van der Waals surface area contributed by atoms with E-state index in [-0.39, 0.29) is 0 Å². The van der Waals surface area contributed by atoms with Crippen LogP contribution >= 0.6 is 0 Å². The molecule has 0 bridgehead atoms. The van der Waals surface area contributed by atoms with Crippen LogP contribution in [0, 0.1) is 13.8 Å². The lowest BCUT2D eigenvalue weighted by Crippen LogP contribution is -2.34. The van der Waals surface area contributed by atoms with Crippen LogP contribution < -0.4 is 0 Å². The molecule has 0 atom stereocenters. The molecule has 1 aromatic carbocycles. The summed E-state index contributed by atoms with van der Waals surface area (Å²) in [6.45, 7) is 6.35. The third-order valence-corrected chi connectivity index (χ3v) is 6.78. The van der Waals surface area contributed by atoms with Crippen LogP contribution in [-0.4, -0.2) is 59.1 Å². The third-order valence-electron chi connectivity index (χ3n) is 5.22. The van der Waals surface area contributed by atoms with E-state index in [0.717, 1.165) is 24.1 Å². The zero-order valence-electron chi connectivity index (χ0n) is 17.6. The molecule has 9 nitrogen and oxygen atoms in total. The van der Waals surface area contributed by atoms with Gasteiger partial charge in [0.2, 0.25) is 10.0 Å². The highest BCUT2D eigenvalue weighted by Gasteiger charge is 2.24. The fraction of sp³-hybridized carbons (Fsp3) is 0.381. The molecule has 0 N–H and O–H groups in total. The Bertz CT molecular complexity index is 1130. The van der Waals surface area contributed by atoms with Crippen molar-refractivity contribution in [3.05, 3.63) is 58.6 Å². The first-order chi connectivity index (χ1) is 14.9. The van der Waals surface area contributed by atoms with Gasteiger partial charge in [-0.05, 0) is 38.5 Å². The number of nitrogens with zero attached hydrogens (tertiary/aromatic N) is 5. The summed E-state index contributed by atoms with van der Waals surface area (Å²) in [5.74, 6) is 1.57. The van der Waals surface area contributed by atoms with E-state index in [4.69, 9.17) is 9.05 Å². The average molecular weight is 444 g/mol. The van der Waals surface area contributed by atoms with Crippen LogP contribution in [0.1, 0.15) is 29.3 Å². The number of aryl methyl sites for hydroxylation is 2. The van der Waals surface area contributed by atoms with Crippen molar-refractivity contribution in [3.8, 4) is 11.5 Å². The number of aromatic nitrogens is 3. The molecule has 1 aliphatic rings. The second-order valence-electron chi connectivity index (χ2n) is 7.50. The quantitative estimate of drug-likeness (QED) is 0.573. The highest BCUT2D eigenvalue weighted by molar-refractivity contribution is 7.92. The van der Waals surface area contributed by atoms with Gasteiger partial charge in [-0.2, -0.15) is 9.29 Å². The molecule has 0 radical (unpaired) electrons. The highest BCUT2D eigenvalue weighted by atomic mass is 32.2. The Hall–Kier alpha value is -2.82. The molecule has 3 aromatic rings. The minimum atomic E-state index is -3.48. The summed E-state index contributed by atoms with van der Waals surface area (Å²) >= 11 is 0. The van der Waals surface area contributed by atoms with Crippen LogP contribution in [0.25, 0.3) is 17.5 Å². The smallest absolute Gasteiger partial charge is 0.263 e. The highest BCUT2D eigenvalue weighted by Crippen LogP contribution is 2.25. The third kappa shape index (κ3) is 5.09. The fourth-order valence-electron chi connectivity index (χ4n) is 3.58. The van der Waals surface area contributed by atoms with Gasteiger partial charge in [0.25, 0.3) is 5.89 Å². The maximum absolute atomic E-state index is 12.7. The Morgan fingerprint density at radius 1 is 1.03 bits per heavy atom. The van der Waals surface area contributed by atoms with E-state index in [1.807, 2.05) is 37.3 Å². The molecule has 1 fully saturated rings. The summed E-state index contributed by atoms with van der Waals surface area (Å²) in [6.07, 6.45) is 2.36. The number of sulfonamides is 1. The van der Waals surface area contributed by atoms with Gasteiger partial charge in [-0.15, -0.1) is 0 Å². The summed E-state index contributed by atoms with van der Waals surface area (Å²) in [5.41, 5.74) is 2.28. The van der Waals surface area contributed by atoms with Gasteiger partial charge in [0.1, 0.15) is 11.3 Å². The van der Waals surface area contributed by atoms with Gasteiger partial charge in [0.05, 0.1) is 12.2 Å². The summed E-state index contributed by atoms with van der Waals surface area (Å²) in [6, 6.07) is 9.41. The van der Waals surface area contributed by atoms with E-state index in [2.05, 4.69) is 20.2 Å². The zero-order chi connectivity index (χ0) is 21.8. The van der Waals surface area contributed by atoms with Crippen LogP contribution in [0.4, 0.5) is 0 Å². The maximum Gasteiger partial charge on any atom is 0.263 e. The van der Waals surface area contributed by atoms with Crippen molar-refractivity contribution >= 4 is 16.1 Å². The lowest BCUT2D eigenvalue weighted by atomic mass is 10.2. The van der Waals surface area contributed by atoms with Crippen molar-refractivity contribution in [2.75, 3.05) is 26.2 Å². The summed E-state index contributed by atoms with van der Waals surface area (Å²) in [7, 11) is -3.48. The van der Waals surface area contributed by atoms with Crippen LogP contribution in [-0.2, 0) is 16.6 Å². The molecule has 2 aromatic heterocycles. The molecule has 4 rings (SSSR count). The van der Waals surface area contributed by atoms with Crippen LogP contribution in [0.15, 0.2) is 44.8 Å². The molecule has 31 heavy (non-hydrogen) atoms. The lowest BCUT2D eigenvalue weighted by molar-refractivity contribution is 0.267. The fourth-order valence-corrected chi connectivity index (χ4v) is 4.80. The predicted molar refractivity (Wildman–Crippen MR) is 115 cm³/mol. The average Bonchev–Trinajstić information content (AvgIpc) is 3.25. The summed E-state index contributed by atoms with van der Waals surface area (Å²) in [5, 5.41) is 9.27. The van der Waals surface area contributed by atoms with Gasteiger partial charge in [-0.1, -0.05) is 40.6 Å². The molecule has 1 saturated heterocycles. The minimum absolute atomic E-state index is 0.385. The van der Waals surface area contributed by atoms with Crippen molar-refractivity contribution in [2.45, 2.75) is 26.8 Å². The first-order valence-corrected chi connectivity index (χ1v) is 11.6. The molecule has 164 valence electrons. The minimum Gasteiger partial charge on any atom is -0.361 e.